The second-order valence-electron chi connectivity index (χ2n) is 3.18. The fraction of sp³-hybridized carbons (Fsp3) is 0.0909. The fourth-order valence-electron chi connectivity index (χ4n) is 1.28. The molecular weight excluding hydrogens is 247 g/mol. The molecule has 0 aliphatic carbocycles. The van der Waals surface area contributed by atoms with E-state index in [0.29, 0.717) is 10.7 Å². The summed E-state index contributed by atoms with van der Waals surface area (Å²) < 4.78 is 1.59. The van der Waals surface area contributed by atoms with Gasteiger partial charge in [-0.3, -0.25) is 4.79 Å². The van der Waals surface area contributed by atoms with E-state index in [1.807, 2.05) is 12.1 Å². The molecule has 3 nitrogen and oxygen atoms in total. The number of halogens is 2. The van der Waals surface area contributed by atoms with Gasteiger partial charge in [0.1, 0.15) is 5.69 Å². The smallest absolute Gasteiger partial charge is 0.204 e. The summed E-state index contributed by atoms with van der Waals surface area (Å²) in [4.78, 5) is 11.3. The van der Waals surface area contributed by atoms with Gasteiger partial charge in [-0.15, -0.1) is 11.6 Å². The van der Waals surface area contributed by atoms with Crippen molar-refractivity contribution in [1.29, 1.82) is 0 Å². The molecule has 1 aromatic carbocycles. The Kier molecular flexibility index (Phi) is 3.27. The minimum atomic E-state index is -0.153. The normalized spacial score (nSPS) is 10.4. The fourth-order valence-corrected chi connectivity index (χ4v) is 1.59. The van der Waals surface area contributed by atoms with Gasteiger partial charge >= 0.3 is 0 Å². The molecular formula is C11H8Cl2N2O. The summed E-state index contributed by atoms with van der Waals surface area (Å²) in [6.07, 6.45) is 1.60. The van der Waals surface area contributed by atoms with Crippen molar-refractivity contribution in [2.45, 2.75) is 5.88 Å². The van der Waals surface area contributed by atoms with Gasteiger partial charge in [0, 0.05) is 17.3 Å². The molecule has 16 heavy (non-hydrogen) atoms. The molecule has 5 heteroatoms. The number of hydrogen-bond acceptors (Lipinski definition) is 2. The number of hydrogen-bond donors (Lipinski definition) is 0. The van der Waals surface area contributed by atoms with Gasteiger partial charge in [-0.25, -0.2) is 4.68 Å². The van der Waals surface area contributed by atoms with Crippen LogP contribution >= 0.6 is 23.2 Å². The first-order valence-corrected chi connectivity index (χ1v) is 5.53. The highest BCUT2D eigenvalue weighted by molar-refractivity contribution is 6.30. The number of nitrogens with zero attached hydrogens (tertiary/aromatic N) is 2. The Morgan fingerprint density at radius 3 is 2.50 bits per heavy atom. The van der Waals surface area contributed by atoms with Gasteiger partial charge in [-0.2, -0.15) is 5.10 Å². The summed E-state index contributed by atoms with van der Waals surface area (Å²) in [5.41, 5.74) is 1.01. The lowest BCUT2D eigenvalue weighted by Crippen LogP contribution is -2.14. The third kappa shape index (κ3) is 2.26. The minimum absolute atomic E-state index is 0.104. The van der Waals surface area contributed by atoms with Crippen LogP contribution in [0.3, 0.4) is 0 Å². The molecule has 0 saturated carbocycles. The molecule has 0 aliphatic heterocycles. The molecule has 0 unspecified atom stereocenters. The van der Waals surface area contributed by atoms with Crippen molar-refractivity contribution >= 4 is 23.2 Å². The Hall–Kier alpha value is -1.32. The van der Waals surface area contributed by atoms with Gasteiger partial charge in [-0.1, -0.05) is 11.6 Å². The van der Waals surface area contributed by atoms with Crippen molar-refractivity contribution in [3.05, 3.63) is 57.5 Å². The lowest BCUT2D eigenvalue weighted by molar-refractivity contribution is 0.804. The summed E-state index contributed by atoms with van der Waals surface area (Å²) in [5.74, 6) is 0.104. The zero-order valence-electron chi connectivity index (χ0n) is 8.23. The molecule has 0 fully saturated rings. The zero-order valence-corrected chi connectivity index (χ0v) is 9.74. The summed E-state index contributed by atoms with van der Waals surface area (Å²) >= 11 is 11.4. The van der Waals surface area contributed by atoms with Crippen molar-refractivity contribution < 1.29 is 0 Å². The second kappa shape index (κ2) is 4.68. The number of aromatic nitrogens is 2. The van der Waals surface area contributed by atoms with Crippen LogP contribution in [0.15, 0.2) is 41.3 Å². The van der Waals surface area contributed by atoms with Crippen LogP contribution in [0, 0.1) is 0 Å². The van der Waals surface area contributed by atoms with E-state index in [9.17, 15) is 4.79 Å². The van der Waals surface area contributed by atoms with Crippen LogP contribution in [0.5, 0.6) is 0 Å². The van der Waals surface area contributed by atoms with Gasteiger partial charge in [0.05, 0.1) is 11.6 Å². The third-order valence-electron chi connectivity index (χ3n) is 2.10. The van der Waals surface area contributed by atoms with E-state index < -0.39 is 0 Å². The van der Waals surface area contributed by atoms with Crippen LogP contribution in [-0.4, -0.2) is 9.78 Å². The Balaban J connectivity index is 2.48. The molecule has 0 amide bonds. The molecule has 0 spiro atoms. The standard InChI is InChI=1S/C11H8Cl2N2O/c12-7-10-11(16)5-6-15(14-10)9-3-1-8(13)2-4-9/h1-6H,7H2. The summed E-state index contributed by atoms with van der Waals surface area (Å²) in [6.45, 7) is 0. The van der Waals surface area contributed by atoms with Crippen molar-refractivity contribution in [2.24, 2.45) is 0 Å². The number of benzene rings is 1. The number of alkyl halides is 1. The monoisotopic (exact) mass is 254 g/mol. The lowest BCUT2D eigenvalue weighted by Gasteiger charge is -2.05. The van der Waals surface area contributed by atoms with Crippen molar-refractivity contribution in [2.75, 3.05) is 0 Å². The molecule has 1 aromatic heterocycles. The quantitative estimate of drug-likeness (QED) is 0.773. The van der Waals surface area contributed by atoms with Crippen LogP contribution < -0.4 is 5.43 Å². The first kappa shape index (κ1) is 11.2. The van der Waals surface area contributed by atoms with Gasteiger partial charge in [0.2, 0.25) is 5.43 Å². The van der Waals surface area contributed by atoms with Crippen LogP contribution in [0.2, 0.25) is 5.02 Å². The molecule has 0 radical (unpaired) electrons. The lowest BCUT2D eigenvalue weighted by atomic mass is 10.3. The summed E-state index contributed by atoms with van der Waals surface area (Å²) in [5, 5.41) is 4.77. The van der Waals surface area contributed by atoms with E-state index in [1.54, 1.807) is 23.0 Å². The Bertz CT molecular complexity index is 549. The van der Waals surface area contributed by atoms with Gasteiger partial charge in [0.15, 0.2) is 0 Å². The first-order chi connectivity index (χ1) is 7.70. The van der Waals surface area contributed by atoms with Gasteiger partial charge in [0.25, 0.3) is 0 Å². The predicted octanol–water partition coefficient (Wildman–Crippen LogP) is 2.62. The average Bonchev–Trinajstić information content (AvgIpc) is 2.31. The Morgan fingerprint density at radius 1 is 1.19 bits per heavy atom. The van der Waals surface area contributed by atoms with Gasteiger partial charge < -0.3 is 0 Å². The first-order valence-electron chi connectivity index (χ1n) is 4.61. The molecule has 2 aromatic rings. The molecule has 82 valence electrons. The van der Waals surface area contributed by atoms with Crippen molar-refractivity contribution in [1.82, 2.24) is 9.78 Å². The maximum atomic E-state index is 11.3. The zero-order chi connectivity index (χ0) is 11.5. The maximum Gasteiger partial charge on any atom is 0.204 e. The van der Waals surface area contributed by atoms with E-state index in [2.05, 4.69) is 5.10 Å². The highest BCUT2D eigenvalue weighted by atomic mass is 35.5. The SMILES string of the molecule is O=c1ccn(-c2ccc(Cl)cc2)nc1CCl. The van der Waals surface area contributed by atoms with Crippen LogP contribution in [0.4, 0.5) is 0 Å². The van der Waals surface area contributed by atoms with Crippen molar-refractivity contribution in [3.63, 3.8) is 0 Å². The third-order valence-corrected chi connectivity index (χ3v) is 2.60. The highest BCUT2D eigenvalue weighted by Crippen LogP contribution is 2.12. The largest absolute Gasteiger partial charge is 0.288 e. The highest BCUT2D eigenvalue weighted by Gasteiger charge is 2.02. The topological polar surface area (TPSA) is 34.9 Å². The second-order valence-corrected chi connectivity index (χ2v) is 3.88. The minimum Gasteiger partial charge on any atom is -0.288 e. The predicted molar refractivity (Wildman–Crippen MR) is 64.4 cm³/mol. The summed E-state index contributed by atoms with van der Waals surface area (Å²) in [7, 11) is 0. The van der Waals surface area contributed by atoms with E-state index in [4.69, 9.17) is 23.2 Å². The molecule has 0 saturated heterocycles. The van der Waals surface area contributed by atoms with E-state index in [-0.39, 0.29) is 11.3 Å². The molecule has 1 heterocycles. The van der Waals surface area contributed by atoms with Crippen LogP contribution in [0.25, 0.3) is 5.69 Å². The number of rotatable bonds is 2. The maximum absolute atomic E-state index is 11.3. The molecule has 0 aliphatic rings. The van der Waals surface area contributed by atoms with Crippen LogP contribution in [-0.2, 0) is 5.88 Å². The molecule has 0 atom stereocenters. The molecule has 0 bridgehead atoms. The van der Waals surface area contributed by atoms with Crippen molar-refractivity contribution in [3.8, 4) is 5.69 Å². The molecule has 0 N–H and O–H groups in total. The summed E-state index contributed by atoms with van der Waals surface area (Å²) in [6, 6.07) is 8.60. The Morgan fingerprint density at radius 2 is 1.88 bits per heavy atom. The van der Waals surface area contributed by atoms with Crippen LogP contribution in [0.1, 0.15) is 5.69 Å². The Labute approximate surface area is 102 Å². The van der Waals surface area contributed by atoms with E-state index in [1.165, 1.54) is 6.07 Å². The molecule has 2 rings (SSSR count). The van der Waals surface area contributed by atoms with E-state index in [0.717, 1.165) is 5.69 Å². The average molecular weight is 255 g/mol. The van der Waals surface area contributed by atoms with Gasteiger partial charge in [-0.05, 0) is 24.3 Å². The van der Waals surface area contributed by atoms with E-state index >= 15 is 0 Å².